The van der Waals surface area contributed by atoms with Gasteiger partial charge in [-0.3, -0.25) is 4.79 Å². The molecule has 0 aromatic heterocycles. The van der Waals surface area contributed by atoms with Crippen LogP contribution >= 0.6 is 11.8 Å². The van der Waals surface area contributed by atoms with E-state index in [0.717, 1.165) is 18.6 Å². The van der Waals surface area contributed by atoms with Gasteiger partial charge in [0, 0.05) is 0 Å². The number of nitrogens with one attached hydrogen (secondary N) is 2. The number of primary amides is 1. The van der Waals surface area contributed by atoms with E-state index in [1.807, 2.05) is 18.4 Å². The summed E-state index contributed by atoms with van der Waals surface area (Å²) in [7, 11) is 0. The molecule has 0 saturated carbocycles. The van der Waals surface area contributed by atoms with Crippen molar-refractivity contribution in [3.05, 3.63) is 35.4 Å². The maximum absolute atomic E-state index is 12.6. The number of fused-ring (bicyclic) bond motifs is 1. The maximum atomic E-state index is 12.6. The number of carbonyl (C=O) groups is 2. The van der Waals surface area contributed by atoms with E-state index in [9.17, 15) is 9.59 Å². The molecule has 0 bridgehead atoms. The summed E-state index contributed by atoms with van der Waals surface area (Å²) in [5.74, 6) is 0.620. The van der Waals surface area contributed by atoms with E-state index in [1.165, 1.54) is 11.1 Å². The highest BCUT2D eigenvalue weighted by Gasteiger charge is 2.33. The number of rotatable bonds is 6. The molecule has 0 unspecified atom stereocenters. The molecule has 0 heterocycles. The van der Waals surface area contributed by atoms with Gasteiger partial charge in [-0.2, -0.15) is 11.8 Å². The molecule has 6 heteroatoms. The first-order valence-corrected chi connectivity index (χ1v) is 9.69. The summed E-state index contributed by atoms with van der Waals surface area (Å²) in [5, 5.41) is 5.67. The highest BCUT2D eigenvalue weighted by Crippen LogP contribution is 2.41. The van der Waals surface area contributed by atoms with Gasteiger partial charge in [-0.1, -0.05) is 38.1 Å². The van der Waals surface area contributed by atoms with Crippen LogP contribution in [0.3, 0.4) is 0 Å². The molecule has 1 aromatic carbocycles. The lowest BCUT2D eigenvalue weighted by molar-refractivity contribution is -0.123. The van der Waals surface area contributed by atoms with Gasteiger partial charge in [-0.15, -0.1) is 0 Å². The largest absolute Gasteiger partial charge is 0.352 e. The Morgan fingerprint density at radius 1 is 1.38 bits per heavy atom. The van der Waals surface area contributed by atoms with E-state index in [-0.39, 0.29) is 17.4 Å². The third-order valence-electron chi connectivity index (χ3n) is 4.68. The van der Waals surface area contributed by atoms with Crippen molar-refractivity contribution in [1.29, 1.82) is 0 Å². The fourth-order valence-corrected chi connectivity index (χ4v) is 3.78. The van der Waals surface area contributed by atoms with Crippen molar-refractivity contribution in [1.82, 2.24) is 10.6 Å². The Balaban J connectivity index is 2.14. The zero-order valence-electron chi connectivity index (χ0n) is 14.6. The van der Waals surface area contributed by atoms with Crippen molar-refractivity contribution in [2.24, 2.45) is 5.73 Å². The van der Waals surface area contributed by atoms with Crippen molar-refractivity contribution in [3.8, 4) is 0 Å². The van der Waals surface area contributed by atoms with Gasteiger partial charge in [-0.25, -0.2) is 4.79 Å². The molecule has 132 valence electrons. The molecule has 0 saturated heterocycles. The number of amides is 3. The maximum Gasteiger partial charge on any atom is 0.312 e. The summed E-state index contributed by atoms with van der Waals surface area (Å²) < 4.78 is 0. The lowest BCUT2D eigenvalue weighted by Crippen LogP contribution is -2.50. The van der Waals surface area contributed by atoms with E-state index >= 15 is 0 Å². The number of thioether (sulfide) groups is 1. The monoisotopic (exact) mass is 349 g/mol. The van der Waals surface area contributed by atoms with Crippen LogP contribution in [0.25, 0.3) is 0 Å². The molecule has 4 N–H and O–H groups in total. The molecule has 0 aliphatic heterocycles. The molecule has 1 aromatic rings. The lowest BCUT2D eigenvalue weighted by Gasteiger charge is -2.37. The predicted molar refractivity (Wildman–Crippen MR) is 99.1 cm³/mol. The highest BCUT2D eigenvalue weighted by molar-refractivity contribution is 7.98. The van der Waals surface area contributed by atoms with Crippen LogP contribution in [0.5, 0.6) is 0 Å². The summed E-state index contributed by atoms with van der Waals surface area (Å²) in [5.41, 5.74) is 7.78. The highest BCUT2D eigenvalue weighted by atomic mass is 32.2. The van der Waals surface area contributed by atoms with Crippen molar-refractivity contribution >= 4 is 23.7 Å². The molecule has 24 heavy (non-hydrogen) atoms. The number of benzene rings is 1. The molecular weight excluding hydrogens is 322 g/mol. The average molecular weight is 350 g/mol. The summed E-state index contributed by atoms with van der Waals surface area (Å²) >= 11 is 1.64. The molecule has 3 amide bonds. The molecule has 5 nitrogen and oxygen atoms in total. The molecule has 1 aliphatic rings. The van der Waals surface area contributed by atoms with E-state index in [4.69, 9.17) is 5.73 Å². The summed E-state index contributed by atoms with van der Waals surface area (Å²) in [6.07, 6.45) is 4.43. The Hall–Kier alpha value is -1.69. The smallest absolute Gasteiger partial charge is 0.312 e. The molecule has 0 spiro atoms. The third-order valence-corrected chi connectivity index (χ3v) is 5.33. The van der Waals surface area contributed by atoms with Crippen molar-refractivity contribution in [2.45, 2.75) is 50.6 Å². The molecule has 0 fully saturated rings. The second kappa shape index (κ2) is 7.92. The Bertz CT molecular complexity index is 604. The summed E-state index contributed by atoms with van der Waals surface area (Å²) in [6, 6.07) is 7.00. The van der Waals surface area contributed by atoms with Crippen LogP contribution in [0.1, 0.15) is 50.3 Å². The van der Waals surface area contributed by atoms with Crippen LogP contribution in [0.4, 0.5) is 4.79 Å². The average Bonchev–Trinajstić information content (AvgIpc) is 2.54. The first-order valence-electron chi connectivity index (χ1n) is 8.30. The van der Waals surface area contributed by atoms with Crippen LogP contribution in [-0.2, 0) is 10.2 Å². The molecule has 2 rings (SSSR count). The Morgan fingerprint density at radius 2 is 2.08 bits per heavy atom. The second-order valence-electron chi connectivity index (χ2n) is 6.91. The van der Waals surface area contributed by atoms with Crippen molar-refractivity contribution < 1.29 is 9.59 Å². The van der Waals surface area contributed by atoms with Gasteiger partial charge >= 0.3 is 6.03 Å². The van der Waals surface area contributed by atoms with Crippen molar-refractivity contribution in [2.75, 3.05) is 12.0 Å². The van der Waals surface area contributed by atoms with Gasteiger partial charge in [0.1, 0.15) is 6.04 Å². The van der Waals surface area contributed by atoms with Crippen molar-refractivity contribution in [3.63, 3.8) is 0 Å². The van der Waals surface area contributed by atoms with Crippen LogP contribution in [-0.4, -0.2) is 30.0 Å². The minimum absolute atomic E-state index is 0.0202. The topological polar surface area (TPSA) is 84.2 Å². The SMILES string of the molecule is CSCC[C@@H](NC(N)=O)C(=O)N[C@H]1CCC(C)(C)c2ccccc21. The van der Waals surface area contributed by atoms with Gasteiger partial charge in [0.25, 0.3) is 0 Å². The summed E-state index contributed by atoms with van der Waals surface area (Å²) in [4.78, 5) is 23.8. The second-order valence-corrected chi connectivity index (χ2v) is 7.90. The van der Waals surface area contributed by atoms with Crippen LogP contribution < -0.4 is 16.4 Å². The molecule has 2 atom stereocenters. The molecule has 1 aliphatic carbocycles. The van der Waals surface area contributed by atoms with E-state index in [2.05, 4.69) is 36.6 Å². The first-order chi connectivity index (χ1) is 11.3. The lowest BCUT2D eigenvalue weighted by atomic mass is 9.71. The zero-order valence-corrected chi connectivity index (χ0v) is 15.4. The van der Waals surface area contributed by atoms with Crippen LogP contribution in [0.15, 0.2) is 24.3 Å². The van der Waals surface area contributed by atoms with E-state index in [0.29, 0.717) is 6.42 Å². The van der Waals surface area contributed by atoms with Gasteiger partial charge < -0.3 is 16.4 Å². The quantitative estimate of drug-likeness (QED) is 0.738. The Morgan fingerprint density at radius 3 is 2.75 bits per heavy atom. The van der Waals surface area contributed by atoms with Gasteiger partial charge in [0.2, 0.25) is 5.91 Å². The number of hydrogen-bond donors (Lipinski definition) is 3. The minimum Gasteiger partial charge on any atom is -0.352 e. The fourth-order valence-electron chi connectivity index (χ4n) is 3.31. The van der Waals surface area contributed by atoms with Crippen LogP contribution in [0, 0.1) is 0 Å². The minimum atomic E-state index is -0.665. The molecular formula is C18H27N3O2S. The van der Waals surface area contributed by atoms with Crippen LogP contribution in [0.2, 0.25) is 0 Å². The van der Waals surface area contributed by atoms with Gasteiger partial charge in [0.15, 0.2) is 0 Å². The third kappa shape index (κ3) is 4.44. The summed E-state index contributed by atoms with van der Waals surface area (Å²) in [6.45, 7) is 4.47. The van der Waals surface area contributed by atoms with E-state index in [1.54, 1.807) is 11.8 Å². The number of urea groups is 1. The normalized spacial score (nSPS) is 19.9. The first kappa shape index (κ1) is 18.6. The Kier molecular flexibility index (Phi) is 6.15. The fraction of sp³-hybridized carbons (Fsp3) is 0.556. The number of hydrogen-bond acceptors (Lipinski definition) is 3. The molecule has 0 radical (unpaired) electrons. The van der Waals surface area contributed by atoms with Gasteiger partial charge in [0.05, 0.1) is 6.04 Å². The van der Waals surface area contributed by atoms with Gasteiger partial charge in [-0.05, 0) is 47.8 Å². The standard InChI is InChI=1S/C18H27N3O2S/c1-18(2)10-8-14(12-6-4-5-7-13(12)18)20-16(22)15(9-11-24-3)21-17(19)23/h4-7,14-15H,8-11H2,1-3H3,(H,20,22)(H3,19,21,23)/t14-,15+/m0/s1. The zero-order chi connectivity index (χ0) is 17.7. The number of nitrogens with two attached hydrogens (primary N) is 1. The van der Waals surface area contributed by atoms with E-state index < -0.39 is 12.1 Å². The predicted octanol–water partition coefficient (Wildman–Crippen LogP) is 2.71. The number of carbonyl (C=O) groups excluding carboxylic acids is 2. The Labute approximate surface area is 148 Å².